The third-order valence-electron chi connectivity index (χ3n) is 5.07. The van der Waals surface area contributed by atoms with Crippen LogP contribution in [0.3, 0.4) is 0 Å². The fraction of sp³-hybridized carbons (Fsp3) is 0.182. The molecule has 0 aliphatic heterocycles. The molecule has 0 bridgehead atoms. The number of hydrogen-bond acceptors (Lipinski definition) is 4. The van der Waals surface area contributed by atoms with Crippen molar-refractivity contribution >= 4 is 22.3 Å². The number of ketones is 1. The summed E-state index contributed by atoms with van der Waals surface area (Å²) in [4.78, 5) is 25.9. The molecule has 1 aromatic heterocycles. The van der Waals surface area contributed by atoms with Crippen LogP contribution in [0.15, 0.2) is 45.6 Å². The summed E-state index contributed by atoms with van der Waals surface area (Å²) in [5.74, 6) is 0.103. The summed E-state index contributed by atoms with van der Waals surface area (Å²) in [5, 5.41) is 10.6. The van der Waals surface area contributed by atoms with Crippen LogP contribution in [0.2, 0.25) is 0 Å². The molecule has 0 saturated carbocycles. The maximum Gasteiger partial charge on any atom is 0.201 e. The first kappa shape index (κ1) is 16.3. The van der Waals surface area contributed by atoms with Gasteiger partial charge in [-0.2, -0.15) is 0 Å². The number of hydrogen-bond donors (Lipinski definition) is 1. The third kappa shape index (κ3) is 2.22. The molecule has 3 aromatic rings. The molecule has 0 atom stereocenters. The van der Waals surface area contributed by atoms with Crippen LogP contribution in [0.4, 0.5) is 0 Å². The van der Waals surface area contributed by atoms with E-state index in [1.165, 1.54) is 12.1 Å². The van der Waals surface area contributed by atoms with Crippen molar-refractivity contribution < 1.29 is 14.3 Å². The minimum Gasteiger partial charge on any atom is -0.507 e. The fourth-order valence-corrected chi connectivity index (χ4v) is 3.65. The number of fused-ring (bicyclic) bond motifs is 4. The number of phenols is 1. The van der Waals surface area contributed by atoms with Gasteiger partial charge >= 0.3 is 0 Å². The van der Waals surface area contributed by atoms with Gasteiger partial charge in [-0.3, -0.25) is 9.59 Å². The van der Waals surface area contributed by atoms with Crippen molar-refractivity contribution in [1.82, 2.24) is 0 Å². The van der Waals surface area contributed by atoms with Crippen LogP contribution in [0.1, 0.15) is 52.2 Å². The van der Waals surface area contributed by atoms with Crippen LogP contribution < -0.4 is 5.43 Å². The maximum atomic E-state index is 13.2. The van der Waals surface area contributed by atoms with Gasteiger partial charge in [0.25, 0.3) is 0 Å². The number of carbonyl (C=O) groups excluding carboxylic acids is 1. The Labute approximate surface area is 150 Å². The zero-order valence-corrected chi connectivity index (χ0v) is 14.8. The second-order valence-electron chi connectivity index (χ2n) is 6.70. The van der Waals surface area contributed by atoms with Crippen molar-refractivity contribution in [3.05, 3.63) is 80.2 Å². The molecule has 130 valence electrons. The van der Waals surface area contributed by atoms with Crippen LogP contribution >= 0.6 is 0 Å². The maximum absolute atomic E-state index is 13.2. The van der Waals surface area contributed by atoms with E-state index in [0.717, 1.165) is 22.3 Å². The van der Waals surface area contributed by atoms with E-state index in [9.17, 15) is 14.7 Å². The molecule has 26 heavy (non-hydrogen) atoms. The second-order valence-corrected chi connectivity index (χ2v) is 6.70. The van der Waals surface area contributed by atoms with E-state index in [0.29, 0.717) is 34.3 Å². The lowest BCUT2D eigenvalue weighted by molar-refractivity contribution is 0.103. The molecule has 0 radical (unpaired) electrons. The Balaban J connectivity index is 2.12. The Morgan fingerprint density at radius 3 is 2.65 bits per heavy atom. The Kier molecular flexibility index (Phi) is 3.58. The lowest BCUT2D eigenvalue weighted by Crippen LogP contribution is -2.18. The van der Waals surface area contributed by atoms with E-state index in [2.05, 4.69) is 0 Å². The average molecular weight is 346 g/mol. The highest BCUT2D eigenvalue weighted by atomic mass is 16.3. The number of phenolic OH excluding ortho intramolecular Hbond substituents is 1. The predicted octanol–water partition coefficient (Wildman–Crippen LogP) is 4.37. The first-order chi connectivity index (χ1) is 12.4. The van der Waals surface area contributed by atoms with Gasteiger partial charge < -0.3 is 9.52 Å². The summed E-state index contributed by atoms with van der Waals surface area (Å²) in [6.45, 7) is 5.57. The van der Waals surface area contributed by atoms with Crippen LogP contribution in [0, 0.1) is 6.92 Å². The normalized spacial score (nSPS) is 13.7. The Hall–Kier alpha value is -3.14. The summed E-state index contributed by atoms with van der Waals surface area (Å²) in [5.41, 5.74) is 4.02. The molecule has 0 fully saturated rings. The number of allylic oxidation sites excluding steroid dienone is 2. The molecule has 1 N–H and O–H groups in total. The molecule has 2 aromatic carbocycles. The van der Waals surface area contributed by atoms with Crippen molar-refractivity contribution in [2.75, 3.05) is 0 Å². The van der Waals surface area contributed by atoms with E-state index >= 15 is 0 Å². The number of aryl methyl sites for hydroxylation is 1. The quantitative estimate of drug-likeness (QED) is 0.556. The number of carbonyl (C=O) groups is 1. The van der Waals surface area contributed by atoms with Crippen LogP contribution in [-0.2, 0) is 6.42 Å². The summed E-state index contributed by atoms with van der Waals surface area (Å²) in [6.07, 6.45) is 2.37. The number of benzene rings is 2. The average Bonchev–Trinajstić information content (AvgIpc) is 2.60. The predicted molar refractivity (Wildman–Crippen MR) is 101 cm³/mol. The van der Waals surface area contributed by atoms with Gasteiger partial charge in [-0.1, -0.05) is 24.3 Å². The Bertz CT molecular complexity index is 1180. The van der Waals surface area contributed by atoms with Crippen LogP contribution in [0.5, 0.6) is 5.75 Å². The van der Waals surface area contributed by atoms with E-state index in [1.54, 1.807) is 6.07 Å². The molecule has 1 heterocycles. The highest BCUT2D eigenvalue weighted by Gasteiger charge is 2.30. The van der Waals surface area contributed by atoms with E-state index in [4.69, 9.17) is 4.42 Å². The number of aromatic hydroxyl groups is 1. The van der Waals surface area contributed by atoms with Gasteiger partial charge in [0.15, 0.2) is 5.43 Å². The molecule has 1 aliphatic rings. The summed E-state index contributed by atoms with van der Waals surface area (Å²) < 4.78 is 6.03. The van der Waals surface area contributed by atoms with Gasteiger partial charge in [-0.05, 0) is 55.5 Å². The van der Waals surface area contributed by atoms with Gasteiger partial charge in [0, 0.05) is 6.07 Å². The molecular formula is C22H18O4. The van der Waals surface area contributed by atoms with E-state index < -0.39 is 0 Å². The zero-order chi connectivity index (χ0) is 18.6. The Morgan fingerprint density at radius 2 is 1.92 bits per heavy atom. The summed E-state index contributed by atoms with van der Waals surface area (Å²) in [6, 6.07) is 8.42. The van der Waals surface area contributed by atoms with Crippen molar-refractivity contribution in [3.8, 4) is 5.75 Å². The Morgan fingerprint density at radius 1 is 1.15 bits per heavy atom. The zero-order valence-electron chi connectivity index (χ0n) is 14.8. The lowest BCUT2D eigenvalue weighted by Gasteiger charge is -2.21. The van der Waals surface area contributed by atoms with Gasteiger partial charge in [0.2, 0.25) is 5.78 Å². The molecular weight excluding hydrogens is 328 g/mol. The SMILES string of the molecule is C/C=C(\C)c1cc(=O)c2c(C)cc3c(c2o1)C(=O)c1c(O)cccc1C3. The summed E-state index contributed by atoms with van der Waals surface area (Å²) in [7, 11) is 0. The largest absolute Gasteiger partial charge is 0.507 e. The first-order valence-corrected chi connectivity index (χ1v) is 8.51. The van der Waals surface area contributed by atoms with Gasteiger partial charge in [0.1, 0.15) is 17.1 Å². The number of rotatable bonds is 1. The van der Waals surface area contributed by atoms with Crippen LogP contribution in [0.25, 0.3) is 16.5 Å². The third-order valence-corrected chi connectivity index (χ3v) is 5.07. The lowest BCUT2D eigenvalue weighted by atomic mass is 9.82. The first-order valence-electron chi connectivity index (χ1n) is 8.51. The van der Waals surface area contributed by atoms with Gasteiger partial charge in [-0.15, -0.1) is 0 Å². The molecule has 0 spiro atoms. The van der Waals surface area contributed by atoms with Crippen molar-refractivity contribution in [1.29, 1.82) is 0 Å². The highest BCUT2D eigenvalue weighted by molar-refractivity contribution is 6.19. The summed E-state index contributed by atoms with van der Waals surface area (Å²) >= 11 is 0. The smallest absolute Gasteiger partial charge is 0.201 e. The highest BCUT2D eigenvalue weighted by Crippen LogP contribution is 2.37. The fourth-order valence-electron chi connectivity index (χ4n) is 3.65. The van der Waals surface area contributed by atoms with Crippen molar-refractivity contribution in [3.63, 3.8) is 0 Å². The minimum atomic E-state index is -0.303. The topological polar surface area (TPSA) is 67.5 Å². The standard InChI is InChI=1S/C22H18O4/c1-4-11(2)17-10-16(24)18-12(3)8-14-9-13-6-5-7-15(23)19(13)21(25)20(14)22(18)26-17/h4-8,10,23H,9H2,1-3H3/b11-4+. The monoisotopic (exact) mass is 346 g/mol. The van der Waals surface area contributed by atoms with Gasteiger partial charge in [0.05, 0.1) is 16.5 Å². The van der Waals surface area contributed by atoms with E-state index in [1.807, 2.05) is 39.0 Å². The molecule has 4 heteroatoms. The molecule has 0 amide bonds. The molecule has 4 rings (SSSR count). The van der Waals surface area contributed by atoms with Gasteiger partial charge in [-0.25, -0.2) is 0 Å². The molecule has 0 saturated heterocycles. The molecule has 4 nitrogen and oxygen atoms in total. The van der Waals surface area contributed by atoms with Crippen molar-refractivity contribution in [2.24, 2.45) is 0 Å². The second kappa shape index (κ2) is 5.70. The minimum absolute atomic E-state index is 0.0463. The molecule has 0 unspecified atom stereocenters. The molecule has 1 aliphatic carbocycles. The van der Waals surface area contributed by atoms with Crippen molar-refractivity contribution in [2.45, 2.75) is 27.2 Å². The van der Waals surface area contributed by atoms with E-state index in [-0.39, 0.29) is 17.0 Å². The van der Waals surface area contributed by atoms with Crippen LogP contribution in [-0.4, -0.2) is 10.9 Å².